The highest BCUT2D eigenvalue weighted by atomic mass is 32.1. The van der Waals surface area contributed by atoms with Crippen LogP contribution in [0.4, 0.5) is 0 Å². The Kier molecular flexibility index (Phi) is 6.20. The van der Waals surface area contributed by atoms with Crippen molar-refractivity contribution in [2.24, 2.45) is 11.7 Å². The average molecular weight is 204 g/mol. The summed E-state index contributed by atoms with van der Waals surface area (Å²) in [6.45, 7) is 7.90. The zero-order valence-corrected chi connectivity index (χ0v) is 9.47. The molecule has 0 saturated carbocycles. The van der Waals surface area contributed by atoms with Crippen molar-refractivity contribution in [2.75, 3.05) is 19.7 Å². The fourth-order valence-corrected chi connectivity index (χ4v) is 1.21. The molecule has 0 aliphatic carbocycles. The van der Waals surface area contributed by atoms with Crippen molar-refractivity contribution in [3.8, 4) is 0 Å². The Hall–Kier alpha value is -0.190. The standard InChI is InChI=1S/C9H20N2OS/c1-7(2)11(4-5-12)6-8(3)9(10)13/h7-8,12H,4-6H2,1-3H3,(H2,10,13). The first-order valence-corrected chi connectivity index (χ1v) is 5.04. The lowest BCUT2D eigenvalue weighted by atomic mass is 10.1. The summed E-state index contributed by atoms with van der Waals surface area (Å²) in [7, 11) is 0. The van der Waals surface area contributed by atoms with Gasteiger partial charge in [0.15, 0.2) is 0 Å². The molecule has 1 atom stereocenters. The van der Waals surface area contributed by atoms with Gasteiger partial charge in [0.05, 0.1) is 11.6 Å². The molecule has 0 amide bonds. The van der Waals surface area contributed by atoms with Gasteiger partial charge in [-0.1, -0.05) is 19.1 Å². The van der Waals surface area contributed by atoms with Crippen molar-refractivity contribution < 1.29 is 5.11 Å². The van der Waals surface area contributed by atoms with Crippen molar-refractivity contribution in [2.45, 2.75) is 26.8 Å². The van der Waals surface area contributed by atoms with Crippen molar-refractivity contribution in [3.05, 3.63) is 0 Å². The molecule has 3 N–H and O–H groups in total. The minimum absolute atomic E-state index is 0.183. The van der Waals surface area contributed by atoms with E-state index in [9.17, 15) is 0 Å². The number of hydrogen-bond acceptors (Lipinski definition) is 3. The second-order valence-electron chi connectivity index (χ2n) is 3.62. The highest BCUT2D eigenvalue weighted by Gasteiger charge is 2.14. The lowest BCUT2D eigenvalue weighted by Crippen LogP contribution is -2.39. The minimum Gasteiger partial charge on any atom is -0.395 e. The van der Waals surface area contributed by atoms with E-state index >= 15 is 0 Å². The highest BCUT2D eigenvalue weighted by Crippen LogP contribution is 2.04. The van der Waals surface area contributed by atoms with Crippen LogP contribution in [0.3, 0.4) is 0 Å². The third kappa shape index (κ3) is 5.18. The molecule has 3 nitrogen and oxygen atoms in total. The van der Waals surface area contributed by atoms with Crippen LogP contribution in [0.25, 0.3) is 0 Å². The van der Waals surface area contributed by atoms with Gasteiger partial charge in [-0.15, -0.1) is 0 Å². The van der Waals surface area contributed by atoms with Crippen LogP contribution in [-0.2, 0) is 0 Å². The van der Waals surface area contributed by atoms with Crippen LogP contribution in [0.15, 0.2) is 0 Å². The topological polar surface area (TPSA) is 49.5 Å². The molecule has 0 heterocycles. The van der Waals surface area contributed by atoms with E-state index in [-0.39, 0.29) is 12.5 Å². The van der Waals surface area contributed by atoms with E-state index in [1.54, 1.807) is 0 Å². The number of thiocarbonyl (C=S) groups is 1. The third-order valence-corrected chi connectivity index (χ3v) is 2.51. The molecule has 0 saturated heterocycles. The summed E-state index contributed by atoms with van der Waals surface area (Å²) >= 11 is 4.90. The first-order chi connectivity index (χ1) is 5.99. The third-order valence-electron chi connectivity index (χ3n) is 2.11. The number of nitrogens with zero attached hydrogens (tertiary/aromatic N) is 1. The van der Waals surface area contributed by atoms with Gasteiger partial charge in [0.1, 0.15) is 0 Å². The molecule has 0 fully saturated rings. The van der Waals surface area contributed by atoms with Gasteiger partial charge in [-0.05, 0) is 13.8 Å². The lowest BCUT2D eigenvalue weighted by Gasteiger charge is -2.28. The van der Waals surface area contributed by atoms with Crippen LogP contribution in [0.5, 0.6) is 0 Å². The SMILES string of the molecule is CC(CN(CCO)C(C)C)C(N)=S. The summed E-state index contributed by atoms with van der Waals surface area (Å²) in [5, 5.41) is 8.83. The molecule has 0 aliphatic heterocycles. The summed E-state index contributed by atoms with van der Waals surface area (Å²) in [5.41, 5.74) is 5.52. The normalized spacial score (nSPS) is 13.7. The molecular weight excluding hydrogens is 184 g/mol. The van der Waals surface area contributed by atoms with E-state index in [1.807, 2.05) is 6.92 Å². The Morgan fingerprint density at radius 2 is 2.00 bits per heavy atom. The van der Waals surface area contributed by atoms with E-state index in [1.165, 1.54) is 0 Å². The Labute approximate surface area is 85.9 Å². The quantitative estimate of drug-likeness (QED) is 0.623. The fraction of sp³-hybridized carbons (Fsp3) is 0.889. The molecule has 0 rings (SSSR count). The first-order valence-electron chi connectivity index (χ1n) is 4.63. The van der Waals surface area contributed by atoms with Crippen LogP contribution >= 0.6 is 12.2 Å². The van der Waals surface area contributed by atoms with Gasteiger partial charge in [0.2, 0.25) is 0 Å². The maximum atomic E-state index is 8.83. The van der Waals surface area contributed by atoms with Gasteiger partial charge in [0.25, 0.3) is 0 Å². The molecule has 0 aromatic carbocycles. The molecule has 0 aromatic heterocycles. The molecule has 1 unspecified atom stereocenters. The van der Waals surface area contributed by atoms with Crippen molar-refractivity contribution >= 4 is 17.2 Å². The predicted molar refractivity (Wildman–Crippen MR) is 59.7 cm³/mol. The van der Waals surface area contributed by atoms with Crippen LogP contribution in [-0.4, -0.2) is 40.7 Å². The number of rotatable bonds is 6. The van der Waals surface area contributed by atoms with Crippen LogP contribution < -0.4 is 5.73 Å². The summed E-state index contributed by atoms with van der Waals surface area (Å²) in [5.74, 6) is 0.212. The molecule has 4 heteroatoms. The molecule has 13 heavy (non-hydrogen) atoms. The van der Waals surface area contributed by atoms with Crippen molar-refractivity contribution in [1.82, 2.24) is 4.90 Å². The van der Waals surface area contributed by atoms with E-state index in [4.69, 9.17) is 23.1 Å². The van der Waals surface area contributed by atoms with E-state index < -0.39 is 0 Å². The second kappa shape index (κ2) is 6.29. The summed E-state index contributed by atoms with van der Waals surface area (Å²) < 4.78 is 0. The lowest BCUT2D eigenvalue weighted by molar-refractivity contribution is 0.158. The predicted octanol–water partition coefficient (Wildman–Crippen LogP) is 0.611. The van der Waals surface area contributed by atoms with Crippen LogP contribution in [0.1, 0.15) is 20.8 Å². The van der Waals surface area contributed by atoms with Gasteiger partial charge >= 0.3 is 0 Å². The van der Waals surface area contributed by atoms with Gasteiger partial charge < -0.3 is 10.8 Å². The van der Waals surface area contributed by atoms with Crippen LogP contribution in [0, 0.1) is 5.92 Å². The molecule has 0 aliphatic rings. The van der Waals surface area contributed by atoms with E-state index in [2.05, 4.69) is 18.7 Å². The first kappa shape index (κ1) is 12.8. The molecule has 0 radical (unpaired) electrons. The minimum atomic E-state index is 0.183. The molecule has 0 aromatic rings. The zero-order valence-electron chi connectivity index (χ0n) is 8.66. The second-order valence-corrected chi connectivity index (χ2v) is 4.09. The Morgan fingerprint density at radius 1 is 1.46 bits per heavy atom. The number of nitrogens with two attached hydrogens (primary N) is 1. The molecule has 0 bridgehead atoms. The Bertz CT molecular complexity index is 162. The van der Waals surface area contributed by atoms with E-state index in [0.29, 0.717) is 17.6 Å². The monoisotopic (exact) mass is 204 g/mol. The van der Waals surface area contributed by atoms with Gasteiger partial charge in [-0.2, -0.15) is 0 Å². The largest absolute Gasteiger partial charge is 0.395 e. The number of aliphatic hydroxyl groups excluding tert-OH is 1. The van der Waals surface area contributed by atoms with Crippen LogP contribution in [0.2, 0.25) is 0 Å². The molecule has 0 spiro atoms. The fourth-order valence-electron chi connectivity index (χ4n) is 1.13. The van der Waals surface area contributed by atoms with E-state index in [0.717, 1.165) is 6.54 Å². The number of hydrogen-bond donors (Lipinski definition) is 2. The Balaban J connectivity index is 4.01. The van der Waals surface area contributed by atoms with Crippen molar-refractivity contribution in [1.29, 1.82) is 0 Å². The van der Waals surface area contributed by atoms with Crippen molar-refractivity contribution in [3.63, 3.8) is 0 Å². The number of aliphatic hydroxyl groups is 1. The maximum absolute atomic E-state index is 8.83. The highest BCUT2D eigenvalue weighted by molar-refractivity contribution is 7.80. The average Bonchev–Trinajstić information content (AvgIpc) is 2.03. The summed E-state index contributed by atoms with van der Waals surface area (Å²) in [6.07, 6.45) is 0. The van der Waals surface area contributed by atoms with Gasteiger partial charge in [-0.25, -0.2) is 0 Å². The smallest absolute Gasteiger partial charge is 0.0768 e. The Morgan fingerprint density at radius 3 is 2.31 bits per heavy atom. The zero-order chi connectivity index (χ0) is 10.4. The van der Waals surface area contributed by atoms with Gasteiger partial charge in [-0.3, -0.25) is 4.90 Å². The molecule has 78 valence electrons. The summed E-state index contributed by atoms with van der Waals surface area (Å²) in [4.78, 5) is 2.72. The summed E-state index contributed by atoms with van der Waals surface area (Å²) in [6, 6.07) is 0.420. The molecular formula is C9H20N2OS. The maximum Gasteiger partial charge on any atom is 0.0768 e. The van der Waals surface area contributed by atoms with Gasteiger partial charge in [0, 0.05) is 25.0 Å².